The molecule has 0 amide bonds. The molecule has 0 aliphatic carbocycles. The Bertz CT molecular complexity index is 1020. The zero-order chi connectivity index (χ0) is 18.8. The van der Waals surface area contributed by atoms with Crippen molar-refractivity contribution in [3.8, 4) is 17.2 Å². The van der Waals surface area contributed by atoms with Gasteiger partial charge in [-0.2, -0.15) is 0 Å². The van der Waals surface area contributed by atoms with E-state index in [0.29, 0.717) is 11.5 Å². The normalized spacial score (nSPS) is 11.2. The molecule has 134 valence electrons. The smallest absolute Gasteiger partial charge is 0.205 e. The number of aromatic hydroxyl groups is 1. The average molecular weight is 360 g/mol. The summed E-state index contributed by atoms with van der Waals surface area (Å²) in [6, 6.07) is 4.55. The van der Waals surface area contributed by atoms with Crippen LogP contribution >= 0.6 is 0 Å². The van der Waals surface area contributed by atoms with E-state index in [2.05, 4.69) is 0 Å². The summed E-state index contributed by atoms with van der Waals surface area (Å²) in [5, 5.41) is 10.9. The number of fused-ring (bicyclic) bond motifs is 1. The first kappa shape index (κ1) is 17.5. The van der Waals surface area contributed by atoms with E-state index in [1.165, 1.54) is 32.6 Å². The van der Waals surface area contributed by atoms with Crippen LogP contribution in [0.15, 0.2) is 41.0 Å². The Morgan fingerprint density at radius 2 is 1.88 bits per heavy atom. The van der Waals surface area contributed by atoms with E-state index in [0.717, 1.165) is 12.1 Å². The lowest BCUT2D eigenvalue weighted by Crippen LogP contribution is -2.02. The molecule has 26 heavy (non-hydrogen) atoms. The SMILES string of the molecule is COc1c(C(=O)C=Cc2ccc(F)cc2F)c(O)c(OC)c2occc12. The topological polar surface area (TPSA) is 68.9 Å². The number of allylic oxidation sites excluding steroid dienone is 1. The molecular formula is C19H14F2O5. The lowest BCUT2D eigenvalue weighted by Gasteiger charge is -2.13. The zero-order valence-electron chi connectivity index (χ0n) is 13.9. The van der Waals surface area contributed by atoms with Gasteiger partial charge < -0.3 is 19.0 Å². The molecule has 3 aromatic rings. The van der Waals surface area contributed by atoms with Gasteiger partial charge in [-0.15, -0.1) is 0 Å². The van der Waals surface area contributed by atoms with Crippen LogP contribution in [0.25, 0.3) is 17.0 Å². The number of halogens is 2. The number of rotatable bonds is 5. The molecule has 0 fully saturated rings. The molecule has 3 rings (SSSR count). The Morgan fingerprint density at radius 3 is 2.54 bits per heavy atom. The minimum absolute atomic E-state index is 0.0180. The fourth-order valence-corrected chi connectivity index (χ4v) is 2.64. The second-order valence-electron chi connectivity index (χ2n) is 5.32. The Kier molecular flexibility index (Phi) is 4.62. The number of methoxy groups -OCH3 is 2. The second kappa shape index (κ2) is 6.87. The summed E-state index contributed by atoms with van der Waals surface area (Å²) >= 11 is 0. The van der Waals surface area contributed by atoms with E-state index in [9.17, 15) is 18.7 Å². The first-order valence-corrected chi connectivity index (χ1v) is 7.49. The van der Waals surface area contributed by atoms with Gasteiger partial charge in [0.15, 0.2) is 17.1 Å². The summed E-state index contributed by atoms with van der Waals surface area (Å²) in [5.74, 6) is -2.56. The van der Waals surface area contributed by atoms with Crippen molar-refractivity contribution in [1.29, 1.82) is 0 Å². The van der Waals surface area contributed by atoms with Gasteiger partial charge in [-0.3, -0.25) is 4.79 Å². The van der Waals surface area contributed by atoms with Crippen molar-refractivity contribution in [3.05, 3.63) is 59.4 Å². The molecule has 1 heterocycles. The molecule has 0 saturated carbocycles. The number of benzene rings is 2. The molecule has 1 aromatic heterocycles. The van der Waals surface area contributed by atoms with Crippen LogP contribution in [0.3, 0.4) is 0 Å². The Labute approximate surface area is 147 Å². The zero-order valence-corrected chi connectivity index (χ0v) is 13.9. The van der Waals surface area contributed by atoms with Gasteiger partial charge in [0, 0.05) is 11.6 Å². The Hall–Kier alpha value is -3.35. The Balaban J connectivity index is 2.10. The Morgan fingerprint density at radius 1 is 1.15 bits per heavy atom. The number of phenolic OH excluding ortho intramolecular Hbond substituents is 1. The van der Waals surface area contributed by atoms with Crippen molar-refractivity contribution >= 4 is 22.8 Å². The lowest BCUT2D eigenvalue weighted by molar-refractivity contribution is 0.104. The van der Waals surface area contributed by atoms with Gasteiger partial charge in [0.1, 0.15) is 22.9 Å². The van der Waals surface area contributed by atoms with Gasteiger partial charge >= 0.3 is 0 Å². The molecule has 0 bridgehead atoms. The minimum Gasteiger partial charge on any atom is -0.504 e. The van der Waals surface area contributed by atoms with E-state index in [1.807, 2.05) is 0 Å². The van der Waals surface area contributed by atoms with Crippen LogP contribution in [0.1, 0.15) is 15.9 Å². The molecule has 7 heteroatoms. The summed E-state index contributed by atoms with van der Waals surface area (Å²) < 4.78 is 42.3. The largest absolute Gasteiger partial charge is 0.504 e. The maximum Gasteiger partial charge on any atom is 0.205 e. The van der Waals surface area contributed by atoms with Crippen LogP contribution in [0.5, 0.6) is 17.2 Å². The van der Waals surface area contributed by atoms with Crippen molar-refractivity contribution in [3.63, 3.8) is 0 Å². The quantitative estimate of drug-likeness (QED) is 0.542. The highest BCUT2D eigenvalue weighted by molar-refractivity contribution is 6.15. The molecule has 0 saturated heterocycles. The first-order valence-electron chi connectivity index (χ1n) is 7.49. The van der Waals surface area contributed by atoms with Crippen LogP contribution in [0.2, 0.25) is 0 Å². The third-order valence-electron chi connectivity index (χ3n) is 3.83. The van der Waals surface area contributed by atoms with Crippen LogP contribution in [-0.2, 0) is 0 Å². The number of ketones is 1. The van der Waals surface area contributed by atoms with Crippen LogP contribution < -0.4 is 9.47 Å². The minimum atomic E-state index is -0.812. The molecule has 0 aliphatic heterocycles. The maximum atomic E-state index is 13.7. The fraction of sp³-hybridized carbons (Fsp3) is 0.105. The van der Waals surface area contributed by atoms with Crippen molar-refractivity contribution in [2.45, 2.75) is 0 Å². The third-order valence-corrected chi connectivity index (χ3v) is 3.83. The van der Waals surface area contributed by atoms with E-state index in [1.54, 1.807) is 6.07 Å². The van der Waals surface area contributed by atoms with E-state index < -0.39 is 23.2 Å². The molecule has 0 unspecified atom stereocenters. The van der Waals surface area contributed by atoms with Gasteiger partial charge in [-0.1, -0.05) is 0 Å². The molecule has 5 nitrogen and oxygen atoms in total. The third kappa shape index (κ3) is 2.88. The number of hydrogen-bond donors (Lipinski definition) is 1. The summed E-state index contributed by atoms with van der Waals surface area (Å²) in [5.41, 5.74) is 0.0959. The summed E-state index contributed by atoms with van der Waals surface area (Å²) in [7, 11) is 2.66. The van der Waals surface area contributed by atoms with Gasteiger partial charge in [0.25, 0.3) is 0 Å². The molecule has 0 spiro atoms. The van der Waals surface area contributed by atoms with Crippen molar-refractivity contribution in [2.75, 3.05) is 14.2 Å². The monoisotopic (exact) mass is 360 g/mol. The molecule has 0 atom stereocenters. The van der Waals surface area contributed by atoms with Crippen LogP contribution in [0.4, 0.5) is 8.78 Å². The lowest BCUT2D eigenvalue weighted by atomic mass is 10.0. The highest BCUT2D eigenvalue weighted by atomic mass is 19.1. The predicted molar refractivity (Wildman–Crippen MR) is 90.7 cm³/mol. The summed E-state index contributed by atoms with van der Waals surface area (Å²) in [6.07, 6.45) is 3.61. The van der Waals surface area contributed by atoms with Crippen molar-refractivity contribution in [2.24, 2.45) is 0 Å². The standard InChI is InChI=1S/C19H14F2O5/c1-24-17-12-7-8-26-18(12)19(25-2)16(23)15(17)14(22)6-4-10-3-5-11(20)9-13(10)21/h3-9,23H,1-2H3. The van der Waals surface area contributed by atoms with Crippen molar-refractivity contribution in [1.82, 2.24) is 0 Å². The van der Waals surface area contributed by atoms with Gasteiger partial charge in [-0.05, 0) is 30.4 Å². The van der Waals surface area contributed by atoms with Gasteiger partial charge in [0.05, 0.1) is 25.9 Å². The maximum absolute atomic E-state index is 13.7. The average Bonchev–Trinajstić information content (AvgIpc) is 3.08. The van der Waals surface area contributed by atoms with E-state index >= 15 is 0 Å². The number of carbonyl (C=O) groups excluding carboxylic acids is 1. The number of ether oxygens (including phenoxy) is 2. The highest BCUT2D eigenvalue weighted by Crippen LogP contribution is 2.45. The summed E-state index contributed by atoms with van der Waals surface area (Å²) in [4.78, 5) is 12.6. The van der Waals surface area contributed by atoms with Crippen LogP contribution in [-0.4, -0.2) is 25.1 Å². The molecule has 0 radical (unpaired) electrons. The molecular weight excluding hydrogens is 346 g/mol. The number of carbonyl (C=O) groups is 1. The van der Waals surface area contributed by atoms with Crippen molar-refractivity contribution < 1.29 is 32.6 Å². The molecule has 0 aliphatic rings. The van der Waals surface area contributed by atoms with E-state index in [4.69, 9.17) is 13.9 Å². The fourth-order valence-electron chi connectivity index (χ4n) is 2.64. The summed E-state index contributed by atoms with van der Waals surface area (Å²) in [6.45, 7) is 0. The number of hydrogen-bond acceptors (Lipinski definition) is 5. The predicted octanol–water partition coefficient (Wildman–Crippen LogP) is 4.33. The van der Waals surface area contributed by atoms with Gasteiger partial charge in [0.2, 0.25) is 5.75 Å². The van der Waals surface area contributed by atoms with Crippen LogP contribution in [0, 0.1) is 11.6 Å². The highest BCUT2D eigenvalue weighted by Gasteiger charge is 2.26. The first-order chi connectivity index (χ1) is 12.5. The van der Waals surface area contributed by atoms with Gasteiger partial charge in [-0.25, -0.2) is 8.78 Å². The number of phenols is 1. The number of furan rings is 1. The molecule has 2 aromatic carbocycles. The molecule has 1 N–H and O–H groups in total. The second-order valence-corrected chi connectivity index (χ2v) is 5.32. The van der Waals surface area contributed by atoms with E-state index in [-0.39, 0.29) is 28.2 Å².